The van der Waals surface area contributed by atoms with Crippen molar-refractivity contribution in [3.05, 3.63) is 29.3 Å². The van der Waals surface area contributed by atoms with Crippen LogP contribution in [0.25, 0.3) is 0 Å². The molecular formula is C12H15N3O. The quantitative estimate of drug-likeness (QED) is 0.826. The molecule has 0 fully saturated rings. The van der Waals surface area contributed by atoms with E-state index in [1.165, 1.54) is 0 Å². The van der Waals surface area contributed by atoms with E-state index in [4.69, 9.17) is 5.26 Å². The van der Waals surface area contributed by atoms with Gasteiger partial charge in [0.25, 0.3) is 0 Å². The third-order valence-corrected chi connectivity index (χ3v) is 2.45. The van der Waals surface area contributed by atoms with E-state index < -0.39 is 0 Å². The molecule has 0 bridgehead atoms. The van der Waals surface area contributed by atoms with Crippen LogP contribution in [0.3, 0.4) is 0 Å². The van der Waals surface area contributed by atoms with E-state index in [-0.39, 0.29) is 6.03 Å². The summed E-state index contributed by atoms with van der Waals surface area (Å²) in [6.45, 7) is 4.36. The first-order chi connectivity index (χ1) is 7.60. The molecule has 0 saturated carbocycles. The molecule has 1 N–H and O–H groups in total. The molecular weight excluding hydrogens is 202 g/mol. The average molecular weight is 217 g/mol. The Labute approximate surface area is 95.5 Å². The van der Waals surface area contributed by atoms with Crippen molar-refractivity contribution < 1.29 is 4.79 Å². The second kappa shape index (κ2) is 5.17. The standard InChI is InChI=1S/C12H15N3O/c1-4-15(3)12(16)14-11-7-5-6-9(2)10(11)8-13/h5-7H,4H2,1-3H3,(H,14,16). The van der Waals surface area contributed by atoms with Gasteiger partial charge in [0.15, 0.2) is 0 Å². The first kappa shape index (κ1) is 12.1. The van der Waals surface area contributed by atoms with E-state index in [2.05, 4.69) is 11.4 Å². The number of anilines is 1. The molecule has 1 aromatic rings. The molecule has 0 heterocycles. The number of hydrogen-bond donors (Lipinski definition) is 1. The highest BCUT2D eigenvalue weighted by atomic mass is 16.2. The molecule has 0 aliphatic heterocycles. The third kappa shape index (κ3) is 2.51. The van der Waals surface area contributed by atoms with Gasteiger partial charge in [-0.3, -0.25) is 0 Å². The van der Waals surface area contributed by atoms with Gasteiger partial charge in [-0.2, -0.15) is 5.26 Å². The maximum absolute atomic E-state index is 11.6. The van der Waals surface area contributed by atoms with Crippen LogP contribution in [0.15, 0.2) is 18.2 Å². The molecule has 4 heteroatoms. The lowest BCUT2D eigenvalue weighted by molar-refractivity contribution is 0.224. The summed E-state index contributed by atoms with van der Waals surface area (Å²) >= 11 is 0. The van der Waals surface area contributed by atoms with Crippen molar-refractivity contribution in [2.24, 2.45) is 0 Å². The summed E-state index contributed by atoms with van der Waals surface area (Å²) in [4.78, 5) is 13.2. The number of urea groups is 1. The lowest BCUT2D eigenvalue weighted by Gasteiger charge is -2.16. The maximum Gasteiger partial charge on any atom is 0.321 e. The summed E-state index contributed by atoms with van der Waals surface area (Å²) < 4.78 is 0. The van der Waals surface area contributed by atoms with E-state index in [1.807, 2.05) is 26.0 Å². The predicted molar refractivity (Wildman–Crippen MR) is 63.2 cm³/mol. The van der Waals surface area contributed by atoms with Crippen LogP contribution in [-0.4, -0.2) is 24.5 Å². The van der Waals surface area contributed by atoms with Crippen molar-refractivity contribution in [3.8, 4) is 6.07 Å². The van der Waals surface area contributed by atoms with Crippen LogP contribution >= 0.6 is 0 Å². The molecule has 1 rings (SSSR count). The third-order valence-electron chi connectivity index (χ3n) is 2.45. The zero-order chi connectivity index (χ0) is 12.1. The number of aryl methyl sites for hydroxylation is 1. The molecule has 0 unspecified atom stereocenters. The van der Waals surface area contributed by atoms with Crippen LogP contribution in [0, 0.1) is 18.3 Å². The van der Waals surface area contributed by atoms with Crippen LogP contribution in [0.4, 0.5) is 10.5 Å². The number of benzene rings is 1. The Kier molecular flexibility index (Phi) is 3.90. The number of rotatable bonds is 2. The minimum atomic E-state index is -0.204. The maximum atomic E-state index is 11.6. The van der Waals surface area contributed by atoms with Crippen LogP contribution in [0.2, 0.25) is 0 Å². The van der Waals surface area contributed by atoms with E-state index in [9.17, 15) is 4.79 Å². The lowest BCUT2D eigenvalue weighted by Crippen LogP contribution is -2.31. The van der Waals surface area contributed by atoms with Gasteiger partial charge in [-0.1, -0.05) is 12.1 Å². The molecule has 2 amide bonds. The van der Waals surface area contributed by atoms with Crippen molar-refractivity contribution in [1.29, 1.82) is 5.26 Å². The van der Waals surface area contributed by atoms with Gasteiger partial charge in [-0.05, 0) is 25.5 Å². The molecule has 0 saturated heterocycles. The lowest BCUT2D eigenvalue weighted by atomic mass is 10.1. The summed E-state index contributed by atoms with van der Waals surface area (Å²) in [6, 6.07) is 7.28. The molecule has 84 valence electrons. The predicted octanol–water partition coefficient (Wildman–Crippen LogP) is 2.35. The first-order valence-electron chi connectivity index (χ1n) is 5.12. The summed E-state index contributed by atoms with van der Waals surface area (Å²) in [5.41, 5.74) is 1.94. The van der Waals surface area contributed by atoms with Gasteiger partial charge in [-0.25, -0.2) is 4.79 Å². The zero-order valence-electron chi connectivity index (χ0n) is 9.74. The van der Waals surface area contributed by atoms with Gasteiger partial charge in [0.1, 0.15) is 6.07 Å². The van der Waals surface area contributed by atoms with Crippen molar-refractivity contribution in [3.63, 3.8) is 0 Å². The average Bonchev–Trinajstić information content (AvgIpc) is 2.28. The molecule has 1 aromatic carbocycles. The topological polar surface area (TPSA) is 56.1 Å². The monoisotopic (exact) mass is 217 g/mol. The van der Waals surface area contributed by atoms with Crippen molar-refractivity contribution >= 4 is 11.7 Å². The summed E-state index contributed by atoms with van der Waals surface area (Å²) in [6.07, 6.45) is 0. The van der Waals surface area contributed by atoms with Crippen LogP contribution in [-0.2, 0) is 0 Å². The minimum absolute atomic E-state index is 0.204. The second-order valence-electron chi connectivity index (χ2n) is 3.55. The molecule has 16 heavy (non-hydrogen) atoms. The fourth-order valence-electron chi connectivity index (χ4n) is 1.27. The number of carbonyl (C=O) groups excluding carboxylic acids is 1. The highest BCUT2D eigenvalue weighted by molar-refractivity contribution is 5.90. The SMILES string of the molecule is CCN(C)C(=O)Nc1cccc(C)c1C#N. The molecule has 0 aromatic heterocycles. The van der Waals surface area contributed by atoms with Gasteiger partial charge in [-0.15, -0.1) is 0 Å². The zero-order valence-corrected chi connectivity index (χ0v) is 9.74. The number of hydrogen-bond acceptors (Lipinski definition) is 2. The highest BCUT2D eigenvalue weighted by Gasteiger charge is 2.10. The molecule has 0 radical (unpaired) electrons. The first-order valence-corrected chi connectivity index (χ1v) is 5.12. The fraction of sp³-hybridized carbons (Fsp3) is 0.333. The minimum Gasteiger partial charge on any atom is -0.328 e. The highest BCUT2D eigenvalue weighted by Crippen LogP contribution is 2.18. The smallest absolute Gasteiger partial charge is 0.321 e. The summed E-state index contributed by atoms with van der Waals surface area (Å²) in [5.74, 6) is 0. The Morgan fingerprint density at radius 3 is 2.81 bits per heavy atom. The van der Waals surface area contributed by atoms with E-state index in [0.29, 0.717) is 17.8 Å². The number of nitrogens with one attached hydrogen (secondary N) is 1. The molecule has 0 spiro atoms. The van der Waals surface area contributed by atoms with E-state index >= 15 is 0 Å². The summed E-state index contributed by atoms with van der Waals surface area (Å²) in [5, 5.41) is 11.7. The Hall–Kier alpha value is -2.02. The number of nitriles is 1. The Bertz CT molecular complexity index is 434. The van der Waals surface area contributed by atoms with Gasteiger partial charge in [0.2, 0.25) is 0 Å². The van der Waals surface area contributed by atoms with Crippen LogP contribution in [0.5, 0.6) is 0 Å². The van der Waals surface area contributed by atoms with Crippen molar-refractivity contribution in [1.82, 2.24) is 4.90 Å². The fourth-order valence-corrected chi connectivity index (χ4v) is 1.27. The Balaban J connectivity index is 2.94. The normalized spacial score (nSPS) is 9.38. The van der Waals surface area contributed by atoms with Gasteiger partial charge >= 0.3 is 6.03 Å². The Morgan fingerprint density at radius 2 is 2.25 bits per heavy atom. The molecule has 4 nitrogen and oxygen atoms in total. The van der Waals surface area contributed by atoms with Gasteiger partial charge in [0.05, 0.1) is 11.3 Å². The Morgan fingerprint density at radius 1 is 1.56 bits per heavy atom. The van der Waals surface area contributed by atoms with E-state index in [0.717, 1.165) is 5.56 Å². The van der Waals surface area contributed by atoms with Crippen LogP contribution < -0.4 is 5.32 Å². The molecule has 0 atom stereocenters. The number of amides is 2. The molecule has 0 aliphatic rings. The number of nitrogens with zero attached hydrogens (tertiary/aromatic N) is 2. The second-order valence-corrected chi connectivity index (χ2v) is 3.55. The molecule has 0 aliphatic carbocycles. The van der Waals surface area contributed by atoms with Crippen LogP contribution in [0.1, 0.15) is 18.1 Å². The van der Waals surface area contributed by atoms with Crippen molar-refractivity contribution in [2.45, 2.75) is 13.8 Å². The summed E-state index contributed by atoms with van der Waals surface area (Å²) in [7, 11) is 1.71. The number of carbonyl (C=O) groups is 1. The van der Waals surface area contributed by atoms with E-state index in [1.54, 1.807) is 18.0 Å². The largest absolute Gasteiger partial charge is 0.328 e. The van der Waals surface area contributed by atoms with Gasteiger partial charge in [0, 0.05) is 13.6 Å². The van der Waals surface area contributed by atoms with Crippen molar-refractivity contribution in [2.75, 3.05) is 18.9 Å². The van der Waals surface area contributed by atoms with Gasteiger partial charge < -0.3 is 10.2 Å².